The van der Waals surface area contributed by atoms with Gasteiger partial charge in [-0.3, -0.25) is 33.6 Å². The van der Waals surface area contributed by atoms with Crippen molar-refractivity contribution in [1.29, 1.82) is 0 Å². The number of hydrogen-bond acceptors (Lipinski definition) is 6. The van der Waals surface area contributed by atoms with Gasteiger partial charge in [0.15, 0.2) is 6.61 Å². The molecule has 174 valence electrons. The fourth-order valence-electron chi connectivity index (χ4n) is 3.75. The Labute approximate surface area is 194 Å². The molecule has 0 unspecified atom stereocenters. The normalized spacial score (nSPS) is 12.6. The van der Waals surface area contributed by atoms with Gasteiger partial charge in [-0.2, -0.15) is 0 Å². The van der Waals surface area contributed by atoms with E-state index in [1.807, 2.05) is 6.07 Å². The standard InChI is InChI=1S/C24H22N4O6/c1-15-21(24(33)28(26(15)2)16-8-4-3-5-9-16)25-19(29)14-34-20(30)12-13-27-22(31)17-10-6-7-11-18(17)23(27)32/h3-11H,12-14H2,1-2H3,(H,25,29). The topological polar surface area (TPSA) is 120 Å². The highest BCUT2D eigenvalue weighted by Gasteiger charge is 2.35. The molecule has 1 N–H and O–H groups in total. The third-order valence-electron chi connectivity index (χ3n) is 5.60. The number of benzene rings is 2. The highest BCUT2D eigenvalue weighted by molar-refractivity contribution is 6.21. The van der Waals surface area contributed by atoms with Crippen LogP contribution in [0.1, 0.15) is 32.8 Å². The van der Waals surface area contributed by atoms with Crippen molar-refractivity contribution in [3.8, 4) is 5.69 Å². The summed E-state index contributed by atoms with van der Waals surface area (Å²) in [5.41, 5.74) is 1.41. The molecular weight excluding hydrogens is 440 g/mol. The first-order valence-corrected chi connectivity index (χ1v) is 10.5. The molecule has 4 rings (SSSR count). The molecule has 0 saturated heterocycles. The maximum Gasteiger partial charge on any atom is 0.308 e. The lowest BCUT2D eigenvalue weighted by Gasteiger charge is -2.13. The van der Waals surface area contributed by atoms with Crippen LogP contribution in [0.5, 0.6) is 0 Å². The predicted molar refractivity (Wildman–Crippen MR) is 122 cm³/mol. The number of imide groups is 1. The number of fused-ring (bicyclic) bond motifs is 1. The zero-order valence-corrected chi connectivity index (χ0v) is 18.6. The van der Waals surface area contributed by atoms with E-state index < -0.39 is 35.9 Å². The van der Waals surface area contributed by atoms with Crippen LogP contribution in [-0.4, -0.2) is 51.1 Å². The zero-order chi connectivity index (χ0) is 24.4. The van der Waals surface area contributed by atoms with E-state index in [1.165, 1.54) is 4.68 Å². The van der Waals surface area contributed by atoms with Gasteiger partial charge in [0.2, 0.25) is 0 Å². The molecule has 3 amide bonds. The number of ether oxygens (including phenoxy) is 1. The Balaban J connectivity index is 1.33. The number of nitrogens with zero attached hydrogens (tertiary/aromatic N) is 3. The molecule has 0 saturated carbocycles. The summed E-state index contributed by atoms with van der Waals surface area (Å²) in [5.74, 6) is -2.38. The molecule has 3 aromatic rings. The van der Waals surface area contributed by atoms with Gasteiger partial charge in [0.1, 0.15) is 5.69 Å². The number of anilines is 1. The van der Waals surface area contributed by atoms with Crippen molar-refractivity contribution in [3.63, 3.8) is 0 Å². The van der Waals surface area contributed by atoms with Gasteiger partial charge in [-0.25, -0.2) is 4.68 Å². The van der Waals surface area contributed by atoms with Crippen LogP contribution in [-0.2, 0) is 21.4 Å². The van der Waals surface area contributed by atoms with Gasteiger partial charge in [0, 0.05) is 13.6 Å². The van der Waals surface area contributed by atoms with Crippen LogP contribution in [0.4, 0.5) is 5.69 Å². The fraction of sp³-hybridized carbons (Fsp3) is 0.208. The Bertz CT molecular complexity index is 1320. The molecule has 2 heterocycles. The van der Waals surface area contributed by atoms with Gasteiger partial charge in [0.25, 0.3) is 23.3 Å². The summed E-state index contributed by atoms with van der Waals surface area (Å²) < 4.78 is 8.00. The molecule has 0 spiro atoms. The van der Waals surface area contributed by atoms with E-state index in [4.69, 9.17) is 4.74 Å². The summed E-state index contributed by atoms with van der Waals surface area (Å²) in [5, 5.41) is 2.50. The quantitative estimate of drug-likeness (QED) is 0.421. The number of amides is 3. The van der Waals surface area contributed by atoms with Gasteiger partial charge < -0.3 is 10.1 Å². The second-order valence-electron chi connectivity index (χ2n) is 7.70. The van der Waals surface area contributed by atoms with Crippen LogP contribution in [0.3, 0.4) is 0 Å². The van der Waals surface area contributed by atoms with Gasteiger partial charge >= 0.3 is 5.97 Å². The van der Waals surface area contributed by atoms with Gasteiger partial charge in [-0.1, -0.05) is 30.3 Å². The molecular formula is C24H22N4O6. The van der Waals surface area contributed by atoms with Crippen molar-refractivity contribution in [2.45, 2.75) is 13.3 Å². The summed E-state index contributed by atoms with van der Waals surface area (Å²) in [4.78, 5) is 62.9. The number of esters is 1. The second-order valence-corrected chi connectivity index (χ2v) is 7.70. The average molecular weight is 462 g/mol. The Morgan fingerprint density at radius 3 is 2.12 bits per heavy atom. The summed E-state index contributed by atoms with van der Waals surface area (Å²) in [7, 11) is 1.69. The van der Waals surface area contributed by atoms with Crippen molar-refractivity contribution in [2.24, 2.45) is 7.05 Å². The largest absolute Gasteiger partial charge is 0.456 e. The van der Waals surface area contributed by atoms with Crippen molar-refractivity contribution in [3.05, 3.63) is 81.8 Å². The van der Waals surface area contributed by atoms with Crippen molar-refractivity contribution < 1.29 is 23.9 Å². The molecule has 34 heavy (non-hydrogen) atoms. The van der Waals surface area contributed by atoms with E-state index in [1.54, 1.807) is 67.2 Å². The molecule has 10 heteroatoms. The summed E-state index contributed by atoms with van der Waals surface area (Å²) in [6, 6.07) is 15.4. The summed E-state index contributed by atoms with van der Waals surface area (Å²) in [6.45, 7) is 0.914. The first-order valence-electron chi connectivity index (χ1n) is 10.5. The summed E-state index contributed by atoms with van der Waals surface area (Å²) in [6.07, 6.45) is -0.260. The Morgan fingerprint density at radius 1 is 0.912 bits per heavy atom. The van der Waals surface area contributed by atoms with Crippen molar-refractivity contribution in [2.75, 3.05) is 18.5 Å². The van der Waals surface area contributed by atoms with Crippen LogP contribution in [0.2, 0.25) is 0 Å². The second kappa shape index (κ2) is 9.18. The van der Waals surface area contributed by atoms with Crippen molar-refractivity contribution >= 4 is 29.4 Å². The number of carbonyl (C=O) groups excluding carboxylic acids is 4. The van der Waals surface area contributed by atoms with E-state index in [-0.39, 0.29) is 18.7 Å². The van der Waals surface area contributed by atoms with E-state index in [0.29, 0.717) is 22.5 Å². The lowest BCUT2D eigenvalue weighted by molar-refractivity contribution is -0.147. The average Bonchev–Trinajstić information content (AvgIpc) is 3.21. The maximum absolute atomic E-state index is 12.8. The van der Waals surface area contributed by atoms with Gasteiger partial charge in [-0.15, -0.1) is 0 Å². The van der Waals surface area contributed by atoms with Crippen LogP contribution in [0.15, 0.2) is 59.4 Å². The van der Waals surface area contributed by atoms with E-state index >= 15 is 0 Å². The predicted octanol–water partition coefficient (Wildman–Crippen LogP) is 1.65. The lowest BCUT2D eigenvalue weighted by atomic mass is 10.1. The van der Waals surface area contributed by atoms with Crippen LogP contribution < -0.4 is 10.9 Å². The molecule has 0 atom stereocenters. The number of rotatable bonds is 7. The maximum atomic E-state index is 12.8. The Morgan fingerprint density at radius 2 is 1.50 bits per heavy atom. The highest BCUT2D eigenvalue weighted by Crippen LogP contribution is 2.22. The molecule has 0 radical (unpaired) electrons. The first kappa shape index (κ1) is 22.7. The molecule has 0 aliphatic carbocycles. The van der Waals surface area contributed by atoms with E-state index in [2.05, 4.69) is 5.32 Å². The Kier molecular flexibility index (Phi) is 6.13. The lowest BCUT2D eigenvalue weighted by Crippen LogP contribution is -2.32. The molecule has 0 fully saturated rings. The third kappa shape index (κ3) is 4.13. The molecule has 10 nitrogen and oxygen atoms in total. The number of hydrogen-bond donors (Lipinski definition) is 1. The number of nitrogens with one attached hydrogen (secondary N) is 1. The molecule has 2 aromatic carbocycles. The van der Waals surface area contributed by atoms with Gasteiger partial charge in [0.05, 0.1) is 28.9 Å². The third-order valence-corrected chi connectivity index (χ3v) is 5.60. The molecule has 1 aliphatic rings. The SMILES string of the molecule is Cc1c(NC(=O)COC(=O)CCN2C(=O)c3ccccc3C2=O)c(=O)n(-c2ccccc2)n1C. The van der Waals surface area contributed by atoms with Gasteiger partial charge in [-0.05, 0) is 31.2 Å². The van der Waals surface area contributed by atoms with E-state index in [0.717, 1.165) is 4.90 Å². The zero-order valence-electron chi connectivity index (χ0n) is 18.6. The highest BCUT2D eigenvalue weighted by atomic mass is 16.5. The van der Waals surface area contributed by atoms with Crippen LogP contribution in [0.25, 0.3) is 5.69 Å². The minimum absolute atomic E-state index is 0.0819. The molecule has 1 aromatic heterocycles. The first-order chi connectivity index (χ1) is 16.3. The minimum atomic E-state index is -0.752. The monoisotopic (exact) mass is 462 g/mol. The Hall–Kier alpha value is -4.47. The van der Waals surface area contributed by atoms with Crippen LogP contribution in [0, 0.1) is 6.92 Å². The number of carbonyl (C=O) groups is 4. The van der Waals surface area contributed by atoms with Crippen LogP contribution >= 0.6 is 0 Å². The molecule has 0 bridgehead atoms. The van der Waals surface area contributed by atoms with Crippen molar-refractivity contribution in [1.82, 2.24) is 14.3 Å². The number of para-hydroxylation sites is 1. The van der Waals surface area contributed by atoms with E-state index in [9.17, 15) is 24.0 Å². The summed E-state index contributed by atoms with van der Waals surface area (Å²) >= 11 is 0. The minimum Gasteiger partial charge on any atom is -0.456 e. The smallest absolute Gasteiger partial charge is 0.308 e. The number of aromatic nitrogens is 2. The fourth-order valence-corrected chi connectivity index (χ4v) is 3.75. The molecule has 1 aliphatic heterocycles.